The molecule has 3 nitrogen and oxygen atoms in total. The smallest absolute Gasteiger partial charge is 0.344 e. The van der Waals surface area contributed by atoms with E-state index in [1.165, 1.54) is 44.9 Å². The third-order valence-corrected chi connectivity index (χ3v) is 10.9. The topological polar surface area (TPSA) is 23.6 Å². The lowest BCUT2D eigenvalue weighted by Gasteiger charge is -2.44. The third kappa shape index (κ3) is 8.53. The van der Waals surface area contributed by atoms with Crippen LogP contribution in [0.2, 0.25) is 0 Å². The van der Waals surface area contributed by atoms with Crippen LogP contribution in [0.15, 0.2) is 0 Å². The summed E-state index contributed by atoms with van der Waals surface area (Å²) in [6.07, 6.45) is 5.13. The summed E-state index contributed by atoms with van der Waals surface area (Å²) in [6.45, 7) is 2.02. The summed E-state index contributed by atoms with van der Waals surface area (Å²) >= 11 is 0. The van der Waals surface area contributed by atoms with Gasteiger partial charge in [0.25, 0.3) is 0 Å². The Morgan fingerprint density at radius 2 is 1.20 bits per heavy atom. The largest absolute Gasteiger partial charge is 0.391 e. The second-order valence-electron chi connectivity index (χ2n) is 13.6. The van der Waals surface area contributed by atoms with Gasteiger partial charge >= 0.3 is 12.4 Å². The molecule has 0 bridgehead atoms. The molecular formula is C31H50F6N2O. The van der Waals surface area contributed by atoms with Crippen LogP contribution in [-0.2, 0) is 4.79 Å². The zero-order valence-corrected chi connectivity index (χ0v) is 24.3. The molecular weight excluding hydrogens is 530 g/mol. The first-order valence-electron chi connectivity index (χ1n) is 16.1. The number of rotatable bonds is 7. The second kappa shape index (κ2) is 14.0. The molecule has 4 rings (SSSR count). The Labute approximate surface area is 236 Å². The van der Waals surface area contributed by atoms with Crippen LogP contribution >= 0.6 is 0 Å². The van der Waals surface area contributed by atoms with Crippen molar-refractivity contribution in [3.05, 3.63) is 0 Å². The first-order chi connectivity index (χ1) is 18.9. The van der Waals surface area contributed by atoms with Crippen LogP contribution in [0.4, 0.5) is 26.3 Å². The number of amides is 1. The molecule has 3 saturated carbocycles. The van der Waals surface area contributed by atoms with Crippen LogP contribution in [0.1, 0.15) is 109 Å². The van der Waals surface area contributed by atoms with Gasteiger partial charge in [0.1, 0.15) is 0 Å². The molecule has 0 aromatic rings. The van der Waals surface area contributed by atoms with E-state index in [4.69, 9.17) is 0 Å². The van der Waals surface area contributed by atoms with E-state index >= 15 is 0 Å². The van der Waals surface area contributed by atoms with Gasteiger partial charge in [0.2, 0.25) is 5.91 Å². The van der Waals surface area contributed by atoms with Crippen molar-refractivity contribution in [2.24, 2.45) is 35.5 Å². The fourth-order valence-electron chi connectivity index (χ4n) is 8.48. The van der Waals surface area contributed by atoms with E-state index < -0.39 is 36.5 Å². The van der Waals surface area contributed by atoms with Crippen molar-refractivity contribution in [2.75, 3.05) is 26.7 Å². The summed E-state index contributed by atoms with van der Waals surface area (Å²) in [5, 5.41) is 0. The Hall–Kier alpha value is -0.990. The molecule has 0 aromatic heterocycles. The van der Waals surface area contributed by atoms with E-state index in [-0.39, 0.29) is 43.7 Å². The monoisotopic (exact) mass is 580 g/mol. The fraction of sp³-hybridized carbons (Fsp3) is 0.968. The molecule has 40 heavy (non-hydrogen) atoms. The lowest BCUT2D eigenvalue weighted by atomic mass is 9.73. The first kappa shape index (κ1) is 31.9. The zero-order valence-electron chi connectivity index (χ0n) is 24.3. The fourth-order valence-corrected chi connectivity index (χ4v) is 8.48. The van der Waals surface area contributed by atoms with E-state index in [2.05, 4.69) is 4.90 Å². The molecule has 1 aliphatic heterocycles. The summed E-state index contributed by atoms with van der Waals surface area (Å²) in [4.78, 5) is 17.9. The van der Waals surface area contributed by atoms with Gasteiger partial charge in [-0.15, -0.1) is 0 Å². The predicted octanol–water partition coefficient (Wildman–Crippen LogP) is 8.62. The number of hydrogen-bond acceptors (Lipinski definition) is 2. The molecule has 0 radical (unpaired) electrons. The third-order valence-electron chi connectivity index (χ3n) is 10.9. The number of likely N-dealkylation sites (tertiary alicyclic amines) is 1. The van der Waals surface area contributed by atoms with Gasteiger partial charge in [-0.05, 0) is 88.1 Å². The molecule has 0 aromatic carbocycles. The Kier molecular flexibility index (Phi) is 11.2. The van der Waals surface area contributed by atoms with E-state index in [9.17, 15) is 31.1 Å². The molecule has 4 aliphatic rings. The highest BCUT2D eigenvalue weighted by Gasteiger charge is 2.51. The van der Waals surface area contributed by atoms with Crippen LogP contribution in [0.25, 0.3) is 0 Å². The number of likely N-dealkylation sites (N-methyl/N-ethyl adjacent to an activating group) is 1. The number of halogens is 6. The predicted molar refractivity (Wildman–Crippen MR) is 145 cm³/mol. The van der Waals surface area contributed by atoms with Crippen molar-refractivity contribution < 1.29 is 31.1 Å². The zero-order chi connectivity index (χ0) is 28.9. The molecule has 0 N–H and O–H groups in total. The average molecular weight is 581 g/mol. The molecule has 3 atom stereocenters. The van der Waals surface area contributed by atoms with E-state index in [1.807, 2.05) is 0 Å². The highest BCUT2D eigenvalue weighted by atomic mass is 19.4. The highest BCUT2D eigenvalue weighted by Crippen LogP contribution is 2.48. The number of piperidine rings is 1. The number of alkyl halides is 6. The summed E-state index contributed by atoms with van der Waals surface area (Å²) in [5.41, 5.74) is 0. The highest BCUT2D eigenvalue weighted by molar-refractivity contribution is 5.82. The van der Waals surface area contributed by atoms with Crippen molar-refractivity contribution in [1.29, 1.82) is 0 Å². The minimum Gasteiger partial charge on any atom is -0.344 e. The Balaban J connectivity index is 1.37. The molecule has 1 saturated heterocycles. The van der Waals surface area contributed by atoms with Crippen molar-refractivity contribution >= 4 is 5.91 Å². The molecule has 3 unspecified atom stereocenters. The molecule has 232 valence electrons. The van der Waals surface area contributed by atoms with Crippen LogP contribution in [0.3, 0.4) is 0 Å². The molecule has 1 heterocycles. The summed E-state index contributed by atoms with van der Waals surface area (Å²) < 4.78 is 80.7. The van der Waals surface area contributed by atoms with Crippen molar-refractivity contribution in [1.82, 2.24) is 9.80 Å². The van der Waals surface area contributed by atoms with Gasteiger partial charge in [-0.25, -0.2) is 0 Å². The SMILES string of the molecule is CN(CCC1CC(C(F)(F)F)CC(C(F)(F)F)C1)C(=O)C(C1CCCCC1)N1CCC(C2CCCCCC2)CC1. The maximum absolute atomic E-state index is 13.9. The Morgan fingerprint density at radius 1 is 0.725 bits per heavy atom. The van der Waals surface area contributed by atoms with E-state index in [0.717, 1.165) is 63.5 Å². The number of hydrogen-bond donors (Lipinski definition) is 0. The number of carbonyl (C=O) groups is 1. The van der Waals surface area contributed by atoms with Gasteiger partial charge in [-0.2, -0.15) is 26.3 Å². The first-order valence-corrected chi connectivity index (χ1v) is 16.1. The number of nitrogens with zero attached hydrogens (tertiary/aromatic N) is 2. The maximum Gasteiger partial charge on any atom is 0.391 e. The summed E-state index contributed by atoms with van der Waals surface area (Å²) in [7, 11) is 1.70. The minimum atomic E-state index is -4.63. The normalized spacial score (nSPS) is 30.1. The minimum absolute atomic E-state index is 0.00960. The summed E-state index contributed by atoms with van der Waals surface area (Å²) in [5.74, 6) is -2.73. The summed E-state index contributed by atoms with van der Waals surface area (Å²) in [6, 6.07) is -0.224. The van der Waals surface area contributed by atoms with Gasteiger partial charge in [-0.1, -0.05) is 57.8 Å². The molecule has 9 heteroatoms. The van der Waals surface area contributed by atoms with E-state index in [1.54, 1.807) is 11.9 Å². The number of carbonyl (C=O) groups excluding carboxylic acids is 1. The van der Waals surface area contributed by atoms with Crippen LogP contribution < -0.4 is 0 Å². The average Bonchev–Trinajstić information content (AvgIpc) is 3.21. The van der Waals surface area contributed by atoms with Gasteiger partial charge in [0, 0.05) is 13.6 Å². The lowest BCUT2D eigenvalue weighted by Crippen LogP contribution is -2.54. The Morgan fingerprint density at radius 3 is 1.73 bits per heavy atom. The van der Waals surface area contributed by atoms with Crippen LogP contribution in [0.5, 0.6) is 0 Å². The molecule has 1 amide bonds. The van der Waals surface area contributed by atoms with Crippen molar-refractivity contribution in [3.8, 4) is 0 Å². The van der Waals surface area contributed by atoms with Crippen LogP contribution in [-0.4, -0.2) is 60.8 Å². The second-order valence-corrected chi connectivity index (χ2v) is 13.6. The van der Waals surface area contributed by atoms with E-state index in [0.29, 0.717) is 0 Å². The molecule has 3 aliphatic carbocycles. The van der Waals surface area contributed by atoms with Crippen LogP contribution in [0, 0.1) is 35.5 Å². The molecule has 0 spiro atoms. The van der Waals surface area contributed by atoms with Gasteiger partial charge in [-0.3, -0.25) is 9.69 Å². The van der Waals surface area contributed by atoms with Crippen molar-refractivity contribution in [2.45, 2.75) is 128 Å². The van der Waals surface area contributed by atoms with Gasteiger partial charge in [0.15, 0.2) is 0 Å². The standard InChI is InChI=1S/C31H50F6N2O/c1-38(16-13-22-19-26(30(32,33)34)21-27(20-22)31(35,36)37)29(40)28(25-11-7-4-8-12-25)39-17-14-24(15-18-39)23-9-5-2-3-6-10-23/h22-28H,2-21H2,1H3. The molecule has 4 fully saturated rings. The Bertz CT molecular complexity index is 758. The van der Waals surface area contributed by atoms with Crippen molar-refractivity contribution in [3.63, 3.8) is 0 Å². The van der Waals surface area contributed by atoms with Gasteiger partial charge in [0.05, 0.1) is 17.9 Å². The quantitative estimate of drug-likeness (QED) is 0.222. The maximum atomic E-state index is 13.9. The van der Waals surface area contributed by atoms with Gasteiger partial charge < -0.3 is 4.90 Å². The lowest BCUT2D eigenvalue weighted by molar-refractivity contribution is -0.229.